The van der Waals surface area contributed by atoms with Gasteiger partial charge in [-0.15, -0.1) is 0 Å². The van der Waals surface area contributed by atoms with E-state index in [-0.39, 0.29) is 28.7 Å². The molecule has 0 aliphatic carbocycles. The minimum Gasteiger partial charge on any atom is -0.508 e. The number of aldehydes is 1. The van der Waals surface area contributed by atoms with Crippen molar-refractivity contribution in [2.24, 2.45) is 5.73 Å². The lowest BCUT2D eigenvalue weighted by Crippen LogP contribution is -2.54. The summed E-state index contributed by atoms with van der Waals surface area (Å²) in [5, 5.41) is 29.1. The maximum atomic E-state index is 15.3. The quantitative estimate of drug-likeness (QED) is 0.189. The van der Waals surface area contributed by atoms with E-state index in [0.29, 0.717) is 30.0 Å². The number of phenols is 2. The number of hydrogen-bond acceptors (Lipinski definition) is 7. The Morgan fingerprint density at radius 1 is 1.14 bits per heavy atom. The zero-order valence-electron chi connectivity index (χ0n) is 21.8. The van der Waals surface area contributed by atoms with E-state index in [0.717, 1.165) is 26.2 Å². The number of nitrogens with two attached hydrogens (primary N) is 1. The van der Waals surface area contributed by atoms with Gasteiger partial charge in [0.15, 0.2) is 12.1 Å². The number of hydrogen-bond donors (Lipinski definition) is 4. The Morgan fingerprint density at radius 3 is 2.31 bits per heavy atom. The van der Waals surface area contributed by atoms with E-state index in [4.69, 9.17) is 11.1 Å². The fourth-order valence-corrected chi connectivity index (χ4v) is 4.77. The Kier molecular flexibility index (Phi) is 8.38. The van der Waals surface area contributed by atoms with Crippen LogP contribution in [0, 0.1) is 11.2 Å². The third kappa shape index (κ3) is 5.69. The molecular formula is C27H38FN5O3. The Hall–Kier alpha value is -3.01. The summed E-state index contributed by atoms with van der Waals surface area (Å²) in [7, 11) is 0. The lowest BCUT2D eigenvalue weighted by molar-refractivity contribution is -0.102. The van der Waals surface area contributed by atoms with Gasteiger partial charge in [-0.2, -0.15) is 0 Å². The highest BCUT2D eigenvalue weighted by molar-refractivity contribution is 6.32. The minimum absolute atomic E-state index is 0.0711. The van der Waals surface area contributed by atoms with Crippen molar-refractivity contribution in [2.45, 2.75) is 58.8 Å². The second kappa shape index (κ2) is 10.9. The first-order valence-corrected chi connectivity index (χ1v) is 12.3. The third-order valence-corrected chi connectivity index (χ3v) is 6.96. The van der Waals surface area contributed by atoms with Crippen LogP contribution in [0.2, 0.25) is 0 Å². The van der Waals surface area contributed by atoms with Gasteiger partial charge in [0.1, 0.15) is 23.0 Å². The Morgan fingerprint density at radius 2 is 1.78 bits per heavy atom. The monoisotopic (exact) mass is 499 g/mol. The molecule has 0 spiro atoms. The Bertz CT molecular complexity index is 1110. The van der Waals surface area contributed by atoms with Crippen LogP contribution >= 0.6 is 0 Å². The van der Waals surface area contributed by atoms with Crippen molar-refractivity contribution in [3.63, 3.8) is 0 Å². The topological polar surface area (TPSA) is 117 Å². The van der Waals surface area contributed by atoms with Crippen LogP contribution in [-0.2, 0) is 17.0 Å². The van der Waals surface area contributed by atoms with Crippen molar-refractivity contribution in [1.29, 1.82) is 5.41 Å². The molecule has 2 aromatic carbocycles. The molecule has 8 nitrogen and oxygen atoms in total. The fraction of sp³-hybridized carbons (Fsp3) is 0.481. The van der Waals surface area contributed by atoms with Crippen LogP contribution in [0.25, 0.3) is 0 Å². The minimum atomic E-state index is -1.60. The number of amidine groups is 1. The van der Waals surface area contributed by atoms with E-state index in [1.165, 1.54) is 24.0 Å². The lowest BCUT2D eigenvalue weighted by Gasteiger charge is -2.40. The van der Waals surface area contributed by atoms with Gasteiger partial charge in [-0.05, 0) is 50.5 Å². The van der Waals surface area contributed by atoms with E-state index in [2.05, 4.69) is 23.6 Å². The van der Waals surface area contributed by atoms with Gasteiger partial charge in [0.2, 0.25) is 0 Å². The number of halogens is 1. The van der Waals surface area contributed by atoms with Crippen molar-refractivity contribution >= 4 is 17.8 Å². The van der Waals surface area contributed by atoms with E-state index >= 15 is 4.39 Å². The van der Waals surface area contributed by atoms with E-state index in [1.54, 1.807) is 18.2 Å². The van der Waals surface area contributed by atoms with Gasteiger partial charge in [0, 0.05) is 61.6 Å². The number of aromatic hydroxyl groups is 2. The highest BCUT2D eigenvalue weighted by Crippen LogP contribution is 2.39. The normalized spacial score (nSPS) is 16.8. The summed E-state index contributed by atoms with van der Waals surface area (Å²) in [5.41, 5.74) is 6.51. The maximum Gasteiger partial charge on any atom is 0.185 e. The van der Waals surface area contributed by atoms with Gasteiger partial charge in [-0.1, -0.05) is 19.9 Å². The zero-order valence-corrected chi connectivity index (χ0v) is 21.8. The molecular weight excluding hydrogens is 461 g/mol. The Balaban J connectivity index is 1.93. The average molecular weight is 500 g/mol. The van der Waals surface area contributed by atoms with Crippen molar-refractivity contribution in [3.05, 3.63) is 52.8 Å². The molecule has 36 heavy (non-hydrogen) atoms. The second-order valence-electron chi connectivity index (χ2n) is 10.3. The molecule has 0 bridgehead atoms. The van der Waals surface area contributed by atoms with Crippen LogP contribution in [-0.4, -0.2) is 64.4 Å². The molecule has 1 aliphatic rings. The van der Waals surface area contributed by atoms with Gasteiger partial charge >= 0.3 is 0 Å². The molecule has 1 fully saturated rings. The van der Waals surface area contributed by atoms with Crippen LogP contribution in [0.1, 0.15) is 57.2 Å². The highest BCUT2D eigenvalue weighted by Gasteiger charge is 2.36. The number of benzene rings is 2. The Labute approximate surface area is 212 Å². The van der Waals surface area contributed by atoms with Crippen molar-refractivity contribution in [2.75, 3.05) is 31.1 Å². The molecule has 1 saturated heterocycles. The van der Waals surface area contributed by atoms with Crippen molar-refractivity contribution < 1.29 is 19.4 Å². The van der Waals surface area contributed by atoms with Gasteiger partial charge in [-0.25, -0.2) is 4.39 Å². The first-order chi connectivity index (χ1) is 16.9. The SMILES string of the molecule is CC(C)c1cc(C(C)(N)N(C(=N)C=O)c2ccc(CN3CCN(C(C)C)CC3)c(F)c2)c(O)cc1O. The van der Waals surface area contributed by atoms with Gasteiger partial charge in [-0.3, -0.25) is 20.0 Å². The number of rotatable bonds is 8. The average Bonchev–Trinajstić information content (AvgIpc) is 2.80. The highest BCUT2D eigenvalue weighted by atomic mass is 19.1. The summed E-state index contributed by atoms with van der Waals surface area (Å²) in [5.74, 6) is -1.39. The first-order valence-electron chi connectivity index (χ1n) is 12.3. The number of phenolic OH excluding ortho intramolecular Hbond substituents is 2. The summed E-state index contributed by atoms with van der Waals surface area (Å²) in [6, 6.07) is 7.79. The molecule has 1 atom stereocenters. The molecule has 0 saturated carbocycles. The van der Waals surface area contributed by atoms with Crippen LogP contribution in [0.4, 0.5) is 10.1 Å². The first kappa shape index (κ1) is 27.6. The molecule has 1 aliphatic heterocycles. The van der Waals surface area contributed by atoms with Crippen LogP contribution in [0.3, 0.4) is 0 Å². The molecule has 2 aromatic rings. The van der Waals surface area contributed by atoms with Crippen LogP contribution in [0.5, 0.6) is 11.5 Å². The summed E-state index contributed by atoms with van der Waals surface area (Å²) in [6.45, 7) is 13.6. The summed E-state index contributed by atoms with van der Waals surface area (Å²) < 4.78 is 15.3. The van der Waals surface area contributed by atoms with Gasteiger partial charge < -0.3 is 20.8 Å². The summed E-state index contributed by atoms with van der Waals surface area (Å²) >= 11 is 0. The van der Waals surface area contributed by atoms with Gasteiger partial charge in [0.25, 0.3) is 0 Å². The van der Waals surface area contributed by atoms with Crippen molar-refractivity contribution in [1.82, 2.24) is 9.80 Å². The molecule has 1 unspecified atom stereocenters. The van der Waals surface area contributed by atoms with Crippen molar-refractivity contribution in [3.8, 4) is 11.5 Å². The predicted octanol–water partition coefficient (Wildman–Crippen LogP) is 3.70. The van der Waals surface area contributed by atoms with Crippen LogP contribution in [0.15, 0.2) is 30.3 Å². The molecule has 0 aromatic heterocycles. The fourth-order valence-electron chi connectivity index (χ4n) is 4.77. The summed E-state index contributed by atoms with van der Waals surface area (Å²) in [4.78, 5) is 17.5. The number of nitrogens with one attached hydrogen (secondary N) is 1. The van der Waals surface area contributed by atoms with Gasteiger partial charge in [0.05, 0.1) is 0 Å². The number of nitrogens with zero attached hydrogens (tertiary/aromatic N) is 3. The standard InChI is InChI=1S/C27H38FN5O3/c1-17(2)21-13-22(25(36)14-24(21)35)27(5,30)33(26(29)16-34)20-7-6-19(23(28)12-20)15-31-8-10-32(11-9-31)18(3)4/h6-7,12-14,16-18,29,35-36H,8-11,15,30H2,1-5H3. The zero-order chi connectivity index (χ0) is 26.8. The summed E-state index contributed by atoms with van der Waals surface area (Å²) in [6.07, 6.45) is 0.325. The van der Waals surface area contributed by atoms with E-state index in [9.17, 15) is 15.0 Å². The third-order valence-electron chi connectivity index (χ3n) is 6.96. The molecule has 1 heterocycles. The molecule has 9 heteroatoms. The predicted molar refractivity (Wildman–Crippen MR) is 140 cm³/mol. The smallest absolute Gasteiger partial charge is 0.185 e. The molecule has 3 rings (SSSR count). The lowest BCUT2D eigenvalue weighted by atomic mass is 9.92. The van der Waals surface area contributed by atoms with E-state index < -0.39 is 17.3 Å². The maximum absolute atomic E-state index is 15.3. The van der Waals surface area contributed by atoms with Crippen LogP contribution < -0.4 is 10.6 Å². The number of carbonyl (C=O) groups is 1. The second-order valence-corrected chi connectivity index (χ2v) is 10.3. The molecule has 196 valence electrons. The number of piperazine rings is 1. The number of carbonyl (C=O) groups excluding carboxylic acids is 1. The largest absolute Gasteiger partial charge is 0.508 e. The molecule has 0 amide bonds. The van der Waals surface area contributed by atoms with E-state index in [1.807, 2.05) is 13.8 Å². The molecule has 5 N–H and O–H groups in total. The molecule has 0 radical (unpaired) electrons. The number of anilines is 1.